The fourth-order valence-corrected chi connectivity index (χ4v) is 5.10. The van der Waals surface area contributed by atoms with Crippen molar-refractivity contribution in [2.45, 2.75) is 19.9 Å². The molecule has 3 heterocycles. The summed E-state index contributed by atoms with van der Waals surface area (Å²) in [4.78, 5) is 45.7. The first-order valence-corrected chi connectivity index (χ1v) is 12.3. The minimum absolute atomic E-state index is 0.0814. The summed E-state index contributed by atoms with van der Waals surface area (Å²) in [5.74, 6) is -1.58. The summed E-state index contributed by atoms with van der Waals surface area (Å²) in [5, 5.41) is 11.6. The predicted octanol–water partition coefficient (Wildman–Crippen LogP) is 2.19. The second-order valence-electron chi connectivity index (χ2n) is 9.17. The zero-order valence-corrected chi connectivity index (χ0v) is 22.3. The number of morpholine rings is 1. The Kier molecular flexibility index (Phi) is 8.08. The van der Waals surface area contributed by atoms with Gasteiger partial charge in [-0.05, 0) is 31.5 Å². The van der Waals surface area contributed by atoms with E-state index < -0.39 is 23.7 Å². The zero-order valence-electron chi connectivity index (χ0n) is 22.3. The van der Waals surface area contributed by atoms with Gasteiger partial charge in [0.1, 0.15) is 23.0 Å². The molecule has 0 bridgehead atoms. The van der Waals surface area contributed by atoms with Crippen molar-refractivity contribution in [1.82, 2.24) is 14.8 Å². The number of rotatable bonds is 8. The first-order chi connectivity index (χ1) is 18.2. The van der Waals surface area contributed by atoms with Gasteiger partial charge in [0.2, 0.25) is 0 Å². The van der Waals surface area contributed by atoms with Crippen LogP contribution in [-0.4, -0.2) is 98.3 Å². The van der Waals surface area contributed by atoms with Crippen LogP contribution < -0.4 is 9.47 Å². The lowest BCUT2D eigenvalue weighted by atomic mass is 9.93. The van der Waals surface area contributed by atoms with Crippen LogP contribution in [0.25, 0.3) is 5.76 Å². The fraction of sp³-hybridized carbons (Fsp3) is 0.444. The predicted molar refractivity (Wildman–Crippen MR) is 137 cm³/mol. The van der Waals surface area contributed by atoms with Crippen LogP contribution in [0, 0.1) is 13.8 Å². The molecule has 0 radical (unpaired) electrons. The van der Waals surface area contributed by atoms with Crippen LogP contribution in [-0.2, 0) is 19.1 Å². The number of hydrogen-bond donors (Lipinski definition) is 2. The van der Waals surface area contributed by atoms with Crippen LogP contribution >= 0.6 is 0 Å². The standard InChI is InChI=1S/C27H33N3O8/c1-15-20(16(2)28-22(15)27(34)37-5)24(31)21-23(18-7-6-17(35-3)14-19(18)36-4)30(26(33)25(21)32)9-8-29-10-12-38-13-11-29/h6-7,14,23,28,31H,8-13H2,1-5H3/b24-21+. The number of ether oxygens (including phenoxy) is 4. The van der Waals surface area contributed by atoms with Crippen LogP contribution in [0.2, 0.25) is 0 Å². The molecule has 0 saturated carbocycles. The lowest BCUT2D eigenvalue weighted by molar-refractivity contribution is -0.140. The molecule has 38 heavy (non-hydrogen) atoms. The number of Topliss-reactive ketones (excluding diaryl/α,β-unsaturated/α-hetero) is 1. The maximum Gasteiger partial charge on any atom is 0.354 e. The van der Waals surface area contributed by atoms with Gasteiger partial charge in [-0.25, -0.2) is 4.79 Å². The summed E-state index contributed by atoms with van der Waals surface area (Å²) in [6, 6.07) is 4.17. The molecule has 1 atom stereocenters. The van der Waals surface area contributed by atoms with Crippen molar-refractivity contribution >= 4 is 23.4 Å². The quantitative estimate of drug-likeness (QED) is 0.230. The molecule has 2 N–H and O–H groups in total. The maximum atomic E-state index is 13.5. The number of aromatic nitrogens is 1. The molecule has 2 aliphatic rings. The van der Waals surface area contributed by atoms with E-state index in [0.717, 1.165) is 13.1 Å². The Bertz CT molecular complexity index is 1280. The molecule has 4 rings (SSSR count). The highest BCUT2D eigenvalue weighted by molar-refractivity contribution is 6.46. The smallest absolute Gasteiger partial charge is 0.354 e. The van der Waals surface area contributed by atoms with Crippen molar-refractivity contribution in [1.29, 1.82) is 0 Å². The minimum Gasteiger partial charge on any atom is -0.507 e. The average molecular weight is 528 g/mol. The van der Waals surface area contributed by atoms with Gasteiger partial charge in [0, 0.05) is 49.1 Å². The Morgan fingerprint density at radius 1 is 1.11 bits per heavy atom. The van der Waals surface area contributed by atoms with Crippen LogP contribution in [0.3, 0.4) is 0 Å². The second kappa shape index (κ2) is 11.3. The lowest BCUT2D eigenvalue weighted by Crippen LogP contribution is -2.42. The van der Waals surface area contributed by atoms with E-state index in [0.29, 0.717) is 48.1 Å². The lowest BCUT2D eigenvalue weighted by Gasteiger charge is -2.31. The molecule has 204 valence electrons. The molecule has 11 nitrogen and oxygen atoms in total. The van der Waals surface area contributed by atoms with Gasteiger partial charge in [0.05, 0.1) is 46.2 Å². The van der Waals surface area contributed by atoms with E-state index in [1.165, 1.54) is 26.2 Å². The number of ketones is 1. The van der Waals surface area contributed by atoms with Crippen molar-refractivity contribution in [2.24, 2.45) is 0 Å². The number of likely N-dealkylation sites (tertiary alicyclic amines) is 1. The molecule has 1 aromatic carbocycles. The molecular formula is C27H33N3O8. The SMILES string of the molecule is COC(=O)c1[nH]c(C)c(/C(O)=C2\C(=O)C(=O)N(CCN3CCOCC3)C2c2ccc(OC)cc2OC)c1C. The number of benzene rings is 1. The van der Waals surface area contributed by atoms with Gasteiger partial charge >= 0.3 is 5.97 Å². The number of aliphatic hydroxyl groups excluding tert-OH is 1. The van der Waals surface area contributed by atoms with Crippen molar-refractivity contribution < 1.29 is 38.4 Å². The molecule has 2 aromatic rings. The molecule has 1 unspecified atom stereocenters. The minimum atomic E-state index is -0.924. The van der Waals surface area contributed by atoms with Gasteiger partial charge in [-0.15, -0.1) is 0 Å². The number of aromatic amines is 1. The first kappa shape index (κ1) is 27.2. The van der Waals surface area contributed by atoms with E-state index in [9.17, 15) is 19.5 Å². The number of hydrogen-bond acceptors (Lipinski definition) is 9. The molecule has 2 saturated heterocycles. The van der Waals surface area contributed by atoms with E-state index in [2.05, 4.69) is 9.88 Å². The Morgan fingerprint density at radius 2 is 1.82 bits per heavy atom. The number of nitrogens with one attached hydrogen (secondary N) is 1. The first-order valence-electron chi connectivity index (χ1n) is 12.3. The molecule has 2 fully saturated rings. The van der Waals surface area contributed by atoms with E-state index in [1.807, 2.05) is 0 Å². The van der Waals surface area contributed by atoms with Crippen molar-refractivity contribution in [3.8, 4) is 11.5 Å². The van der Waals surface area contributed by atoms with Gasteiger partial charge in [-0.2, -0.15) is 0 Å². The molecule has 11 heteroatoms. The number of H-pyrrole nitrogens is 1. The summed E-state index contributed by atoms with van der Waals surface area (Å²) in [6.45, 7) is 6.73. The molecule has 0 aliphatic carbocycles. The fourth-order valence-electron chi connectivity index (χ4n) is 5.10. The Labute approximate surface area is 220 Å². The Hall–Kier alpha value is -3.83. The summed E-state index contributed by atoms with van der Waals surface area (Å²) < 4.78 is 21.2. The van der Waals surface area contributed by atoms with Crippen LogP contribution in [0.1, 0.15) is 38.9 Å². The van der Waals surface area contributed by atoms with Gasteiger partial charge < -0.3 is 33.9 Å². The number of aryl methyl sites for hydroxylation is 1. The van der Waals surface area contributed by atoms with Gasteiger partial charge in [0.25, 0.3) is 11.7 Å². The highest BCUT2D eigenvalue weighted by Crippen LogP contribution is 2.44. The maximum absolute atomic E-state index is 13.5. The molecule has 1 aromatic heterocycles. The summed E-state index contributed by atoms with van der Waals surface area (Å²) >= 11 is 0. The van der Waals surface area contributed by atoms with Crippen molar-refractivity contribution in [3.63, 3.8) is 0 Å². The van der Waals surface area contributed by atoms with Crippen LogP contribution in [0.4, 0.5) is 0 Å². The number of methoxy groups -OCH3 is 3. The summed E-state index contributed by atoms with van der Waals surface area (Å²) in [7, 11) is 4.27. The number of amides is 1. The van der Waals surface area contributed by atoms with Crippen molar-refractivity contribution in [2.75, 3.05) is 60.7 Å². The largest absolute Gasteiger partial charge is 0.507 e. The topological polar surface area (TPSA) is 131 Å². The number of carbonyl (C=O) groups excluding carboxylic acids is 3. The number of esters is 1. The van der Waals surface area contributed by atoms with Gasteiger partial charge in [-0.3, -0.25) is 14.5 Å². The van der Waals surface area contributed by atoms with Crippen molar-refractivity contribution in [3.05, 3.63) is 51.9 Å². The zero-order chi connectivity index (χ0) is 27.6. The molecular weight excluding hydrogens is 494 g/mol. The molecule has 0 spiro atoms. The van der Waals surface area contributed by atoms with Crippen LogP contribution in [0.15, 0.2) is 23.8 Å². The third kappa shape index (κ3) is 4.86. The molecule has 1 amide bonds. The highest BCUT2D eigenvalue weighted by atomic mass is 16.5. The van der Waals surface area contributed by atoms with E-state index in [1.54, 1.807) is 32.0 Å². The van der Waals surface area contributed by atoms with Crippen LogP contribution in [0.5, 0.6) is 11.5 Å². The Balaban J connectivity index is 1.86. The number of carbonyl (C=O) groups is 3. The molecule has 2 aliphatic heterocycles. The number of nitrogens with zero attached hydrogens (tertiary/aromatic N) is 2. The number of aliphatic hydroxyl groups is 1. The normalized spacial score (nSPS) is 19.6. The average Bonchev–Trinajstić information content (AvgIpc) is 3.37. The third-order valence-corrected chi connectivity index (χ3v) is 7.10. The Morgan fingerprint density at radius 3 is 2.45 bits per heavy atom. The van der Waals surface area contributed by atoms with E-state index in [-0.39, 0.29) is 29.1 Å². The van der Waals surface area contributed by atoms with E-state index in [4.69, 9.17) is 18.9 Å². The monoisotopic (exact) mass is 527 g/mol. The third-order valence-electron chi connectivity index (χ3n) is 7.10. The summed E-state index contributed by atoms with van der Waals surface area (Å²) in [5.41, 5.74) is 1.74. The summed E-state index contributed by atoms with van der Waals surface area (Å²) in [6.07, 6.45) is 0. The van der Waals surface area contributed by atoms with Gasteiger partial charge in [-0.1, -0.05) is 0 Å². The highest BCUT2D eigenvalue weighted by Gasteiger charge is 2.47. The van der Waals surface area contributed by atoms with Gasteiger partial charge in [0.15, 0.2) is 0 Å². The van der Waals surface area contributed by atoms with E-state index >= 15 is 0 Å². The second-order valence-corrected chi connectivity index (χ2v) is 9.17.